The van der Waals surface area contributed by atoms with Crippen LogP contribution in [0.2, 0.25) is 0 Å². The van der Waals surface area contributed by atoms with Crippen LogP contribution in [0.3, 0.4) is 0 Å². The van der Waals surface area contributed by atoms with Gasteiger partial charge in [0.15, 0.2) is 0 Å². The zero-order chi connectivity index (χ0) is 19.0. The maximum atomic E-state index is 5.29. The van der Waals surface area contributed by atoms with Crippen LogP contribution in [0, 0.1) is 13.8 Å². The summed E-state index contributed by atoms with van der Waals surface area (Å²) < 4.78 is 10.6. The number of ether oxygens (including phenoxy) is 2. The molecule has 0 amide bonds. The Balaban J connectivity index is 1.50. The first kappa shape index (κ1) is 18.3. The van der Waals surface area contributed by atoms with Crippen molar-refractivity contribution in [3.8, 4) is 0 Å². The van der Waals surface area contributed by atoms with E-state index in [1.807, 2.05) is 0 Å². The quantitative estimate of drug-likeness (QED) is 0.686. The number of anilines is 2. The fourth-order valence-corrected chi connectivity index (χ4v) is 3.49. The zero-order valence-corrected chi connectivity index (χ0v) is 16.8. The molecule has 0 bridgehead atoms. The van der Waals surface area contributed by atoms with Crippen LogP contribution in [0.1, 0.15) is 36.1 Å². The fraction of sp³-hybridized carbons (Fsp3) is 0.478. The maximum Gasteiger partial charge on any atom is 0.0981 e. The molecule has 0 spiro atoms. The molecule has 2 atom stereocenters. The molecule has 4 nitrogen and oxygen atoms in total. The predicted molar refractivity (Wildman–Crippen MR) is 111 cm³/mol. The lowest BCUT2D eigenvalue weighted by Gasteiger charge is -2.28. The maximum absolute atomic E-state index is 5.29. The van der Waals surface area contributed by atoms with Gasteiger partial charge in [-0.05, 0) is 48.2 Å². The molecule has 2 saturated heterocycles. The van der Waals surface area contributed by atoms with Crippen LogP contribution in [-0.4, -0.2) is 38.5 Å². The first-order valence-electron chi connectivity index (χ1n) is 9.86. The van der Waals surface area contributed by atoms with E-state index in [9.17, 15) is 0 Å². The van der Waals surface area contributed by atoms with Crippen molar-refractivity contribution in [1.29, 1.82) is 0 Å². The molecular formula is C23H30N2O2. The summed E-state index contributed by atoms with van der Waals surface area (Å²) in [6.45, 7) is 12.5. The number of rotatable bonds is 8. The van der Waals surface area contributed by atoms with Crippen LogP contribution >= 0.6 is 0 Å². The molecule has 2 heterocycles. The van der Waals surface area contributed by atoms with E-state index in [-0.39, 0.29) is 5.41 Å². The summed E-state index contributed by atoms with van der Waals surface area (Å²) >= 11 is 0. The van der Waals surface area contributed by atoms with Gasteiger partial charge in [-0.2, -0.15) is 0 Å². The molecule has 2 N–H and O–H groups in total. The van der Waals surface area contributed by atoms with Crippen molar-refractivity contribution in [3.63, 3.8) is 0 Å². The average molecular weight is 367 g/mol. The molecule has 1 unspecified atom stereocenters. The van der Waals surface area contributed by atoms with Gasteiger partial charge in [-0.25, -0.2) is 0 Å². The summed E-state index contributed by atoms with van der Waals surface area (Å²) in [6.07, 6.45) is 0.782. The molecule has 2 aromatic rings. The van der Waals surface area contributed by atoms with E-state index < -0.39 is 0 Å². The van der Waals surface area contributed by atoms with Gasteiger partial charge in [0.05, 0.1) is 25.4 Å². The van der Waals surface area contributed by atoms with E-state index in [2.05, 4.69) is 74.7 Å². The van der Waals surface area contributed by atoms with E-state index in [4.69, 9.17) is 9.47 Å². The van der Waals surface area contributed by atoms with Gasteiger partial charge in [0.1, 0.15) is 0 Å². The highest BCUT2D eigenvalue weighted by Gasteiger charge is 2.26. The Bertz CT molecular complexity index is 756. The third-order valence-corrected chi connectivity index (χ3v) is 5.74. The lowest BCUT2D eigenvalue weighted by atomic mass is 9.77. The Kier molecular flexibility index (Phi) is 4.87. The summed E-state index contributed by atoms with van der Waals surface area (Å²) in [6, 6.07) is 13.5. The lowest BCUT2D eigenvalue weighted by molar-refractivity contribution is 0.416. The number of hydrogen-bond donors (Lipinski definition) is 2. The minimum atomic E-state index is -0.0498. The van der Waals surface area contributed by atoms with Crippen LogP contribution in [0.5, 0.6) is 0 Å². The summed E-state index contributed by atoms with van der Waals surface area (Å²) in [4.78, 5) is 0. The standard InChI is InChI=1S/C23H30N2O2/c1-15-9-17(5-7-21(15)24-11-19-13-26-19)23(3,4)18-6-8-22(16(2)10-18)25-12-20-14-27-20/h5-10,19-20,24-25H,11-14H2,1-4H3/t19-,20?/m1/s1. The lowest BCUT2D eigenvalue weighted by Crippen LogP contribution is -2.20. The summed E-state index contributed by atoms with van der Waals surface area (Å²) in [5.41, 5.74) is 7.57. The van der Waals surface area contributed by atoms with Gasteiger partial charge in [-0.15, -0.1) is 0 Å². The molecule has 2 fully saturated rings. The van der Waals surface area contributed by atoms with E-state index in [1.54, 1.807) is 0 Å². The van der Waals surface area contributed by atoms with Gasteiger partial charge in [0.2, 0.25) is 0 Å². The molecule has 2 aliphatic rings. The predicted octanol–water partition coefficient (Wildman–Crippen LogP) is 4.25. The summed E-state index contributed by atoms with van der Waals surface area (Å²) in [7, 11) is 0. The number of epoxide rings is 2. The third-order valence-electron chi connectivity index (χ3n) is 5.74. The van der Waals surface area contributed by atoms with E-state index in [0.29, 0.717) is 12.2 Å². The highest BCUT2D eigenvalue weighted by molar-refractivity contribution is 5.57. The molecule has 4 heteroatoms. The number of benzene rings is 2. The van der Waals surface area contributed by atoms with Gasteiger partial charge < -0.3 is 20.1 Å². The molecule has 2 aromatic carbocycles. The van der Waals surface area contributed by atoms with E-state index in [0.717, 1.165) is 26.3 Å². The molecule has 4 rings (SSSR count). The second-order valence-electron chi connectivity index (χ2n) is 8.36. The second kappa shape index (κ2) is 7.17. The van der Waals surface area contributed by atoms with Crippen molar-refractivity contribution >= 4 is 11.4 Å². The summed E-state index contributed by atoms with van der Waals surface area (Å²) in [5.74, 6) is 0. The molecule has 0 radical (unpaired) electrons. The monoisotopic (exact) mass is 366 g/mol. The van der Waals surface area contributed by atoms with Crippen molar-refractivity contribution in [2.75, 3.05) is 36.9 Å². The minimum Gasteiger partial charge on any atom is -0.382 e. The Labute approximate surface area is 162 Å². The fourth-order valence-electron chi connectivity index (χ4n) is 3.49. The van der Waals surface area contributed by atoms with Crippen LogP contribution < -0.4 is 10.6 Å². The Morgan fingerprint density at radius 2 is 1.22 bits per heavy atom. The van der Waals surface area contributed by atoms with Gasteiger partial charge in [-0.3, -0.25) is 0 Å². The van der Waals surface area contributed by atoms with Crippen LogP contribution in [0.15, 0.2) is 36.4 Å². The Morgan fingerprint density at radius 3 is 1.56 bits per heavy atom. The first-order valence-corrected chi connectivity index (χ1v) is 9.86. The second-order valence-corrected chi connectivity index (χ2v) is 8.36. The van der Waals surface area contributed by atoms with Crippen LogP contribution in [-0.2, 0) is 14.9 Å². The van der Waals surface area contributed by atoms with Crippen LogP contribution in [0.25, 0.3) is 0 Å². The Morgan fingerprint density at radius 1 is 0.815 bits per heavy atom. The summed E-state index contributed by atoms with van der Waals surface area (Å²) in [5, 5.41) is 6.99. The van der Waals surface area contributed by atoms with Gasteiger partial charge in [0, 0.05) is 29.9 Å². The van der Waals surface area contributed by atoms with Crippen molar-refractivity contribution in [2.24, 2.45) is 0 Å². The normalized spacial score (nSPS) is 21.0. The van der Waals surface area contributed by atoms with Gasteiger partial charge in [0.25, 0.3) is 0 Å². The van der Waals surface area contributed by atoms with Crippen molar-refractivity contribution < 1.29 is 9.47 Å². The SMILES string of the molecule is Cc1cc(C(C)(C)c2ccc(NC[C@@H]3CO3)c(C)c2)ccc1NCC1CO1. The molecule has 0 aliphatic carbocycles. The molecule has 144 valence electrons. The van der Waals surface area contributed by atoms with Crippen molar-refractivity contribution in [2.45, 2.75) is 45.3 Å². The molecule has 27 heavy (non-hydrogen) atoms. The van der Waals surface area contributed by atoms with Crippen molar-refractivity contribution in [3.05, 3.63) is 58.7 Å². The largest absolute Gasteiger partial charge is 0.382 e. The Hall–Kier alpha value is -2.04. The van der Waals surface area contributed by atoms with Gasteiger partial charge >= 0.3 is 0 Å². The highest BCUT2D eigenvalue weighted by atomic mass is 16.6. The highest BCUT2D eigenvalue weighted by Crippen LogP contribution is 2.35. The topological polar surface area (TPSA) is 49.1 Å². The van der Waals surface area contributed by atoms with E-state index >= 15 is 0 Å². The smallest absolute Gasteiger partial charge is 0.0981 e. The van der Waals surface area contributed by atoms with E-state index in [1.165, 1.54) is 33.6 Å². The number of aryl methyl sites for hydroxylation is 2. The molecule has 0 aromatic heterocycles. The molecule has 0 saturated carbocycles. The zero-order valence-electron chi connectivity index (χ0n) is 16.8. The van der Waals surface area contributed by atoms with Gasteiger partial charge in [-0.1, -0.05) is 38.1 Å². The molecule has 2 aliphatic heterocycles. The average Bonchev–Trinajstić information content (AvgIpc) is 3.54. The third kappa shape index (κ3) is 4.28. The van der Waals surface area contributed by atoms with Crippen molar-refractivity contribution in [1.82, 2.24) is 0 Å². The number of nitrogens with one attached hydrogen (secondary N) is 2. The number of hydrogen-bond acceptors (Lipinski definition) is 4. The minimum absolute atomic E-state index is 0.0498. The first-order chi connectivity index (χ1) is 12.9. The van der Waals surface area contributed by atoms with Crippen LogP contribution in [0.4, 0.5) is 11.4 Å². The molecular weight excluding hydrogens is 336 g/mol.